The molecule has 0 aliphatic rings. The number of ketones is 1. The van der Waals surface area contributed by atoms with Crippen molar-refractivity contribution in [3.05, 3.63) is 57.5 Å². The average molecular weight is 348 g/mol. The molecule has 0 aliphatic carbocycles. The molecule has 0 amide bonds. The summed E-state index contributed by atoms with van der Waals surface area (Å²) in [5.74, 6) is 0.666. The van der Waals surface area contributed by atoms with Gasteiger partial charge >= 0.3 is 0 Å². The van der Waals surface area contributed by atoms with Crippen molar-refractivity contribution < 1.29 is 9.53 Å². The third kappa shape index (κ3) is 2.46. The Morgan fingerprint density at radius 1 is 1.20 bits per heavy atom. The van der Waals surface area contributed by atoms with E-state index in [1.54, 1.807) is 31.4 Å². The van der Waals surface area contributed by atoms with Crippen LogP contribution in [0, 0.1) is 0 Å². The quantitative estimate of drug-likeness (QED) is 0.663. The molecule has 2 aromatic carbocycles. The highest BCUT2D eigenvalue weighted by Crippen LogP contribution is 2.27. The molecule has 0 unspecified atom stereocenters. The highest BCUT2D eigenvalue weighted by Gasteiger charge is 2.14. The molecule has 0 aliphatic heterocycles. The molecule has 0 radical (unpaired) electrons. The lowest BCUT2D eigenvalue weighted by Crippen LogP contribution is -2.00. The van der Waals surface area contributed by atoms with Crippen molar-refractivity contribution in [2.45, 2.75) is 0 Å². The Morgan fingerprint density at radius 3 is 2.65 bits per heavy atom. The Hall–Kier alpha value is -1.72. The molecule has 5 heteroatoms. The molecule has 1 heterocycles. The number of fused-ring (bicyclic) bond motifs is 1. The Labute approximate surface area is 128 Å². The van der Waals surface area contributed by atoms with Gasteiger partial charge in [0.15, 0.2) is 5.01 Å². The summed E-state index contributed by atoms with van der Waals surface area (Å²) in [4.78, 5) is 16.8. The Morgan fingerprint density at radius 2 is 1.95 bits per heavy atom. The molecule has 0 N–H and O–H groups in total. The first-order valence-electron chi connectivity index (χ1n) is 5.92. The van der Waals surface area contributed by atoms with Gasteiger partial charge < -0.3 is 4.74 Å². The molecule has 3 rings (SSSR count). The van der Waals surface area contributed by atoms with Gasteiger partial charge in [-0.2, -0.15) is 0 Å². The van der Waals surface area contributed by atoms with Crippen molar-refractivity contribution in [2.24, 2.45) is 0 Å². The Balaban J connectivity index is 1.98. The summed E-state index contributed by atoms with van der Waals surface area (Å²) in [6.45, 7) is 0. The number of benzene rings is 2. The second kappa shape index (κ2) is 5.34. The highest BCUT2D eigenvalue weighted by molar-refractivity contribution is 9.10. The zero-order chi connectivity index (χ0) is 14.1. The van der Waals surface area contributed by atoms with Crippen LogP contribution in [-0.4, -0.2) is 17.9 Å². The third-order valence-corrected chi connectivity index (χ3v) is 4.41. The van der Waals surface area contributed by atoms with Gasteiger partial charge in [0.05, 0.1) is 17.3 Å². The minimum absolute atomic E-state index is 0.0648. The van der Waals surface area contributed by atoms with E-state index in [9.17, 15) is 4.79 Å². The molecule has 0 atom stereocenters. The van der Waals surface area contributed by atoms with Gasteiger partial charge in [-0.25, -0.2) is 4.98 Å². The van der Waals surface area contributed by atoms with Crippen molar-refractivity contribution in [2.75, 3.05) is 7.11 Å². The summed E-state index contributed by atoms with van der Waals surface area (Å²) < 4.78 is 7.07. The SMILES string of the molecule is COc1ccc(C(=O)c2nc3ccc(Br)cc3s2)cc1. The van der Waals surface area contributed by atoms with Crippen molar-refractivity contribution in [3.8, 4) is 5.75 Å². The van der Waals surface area contributed by atoms with Crippen LogP contribution in [0.3, 0.4) is 0 Å². The number of carbonyl (C=O) groups excluding carboxylic acids is 1. The second-order valence-electron chi connectivity index (χ2n) is 4.19. The number of rotatable bonds is 3. The molecule has 0 fully saturated rings. The van der Waals surface area contributed by atoms with E-state index in [0.29, 0.717) is 10.6 Å². The molecule has 0 saturated carbocycles. The van der Waals surface area contributed by atoms with Gasteiger partial charge in [0.25, 0.3) is 0 Å². The van der Waals surface area contributed by atoms with Gasteiger partial charge in [-0.3, -0.25) is 4.79 Å². The van der Waals surface area contributed by atoms with Crippen LogP contribution in [0.15, 0.2) is 46.9 Å². The van der Waals surface area contributed by atoms with Gasteiger partial charge in [0, 0.05) is 10.0 Å². The van der Waals surface area contributed by atoms with Crippen LogP contribution in [-0.2, 0) is 0 Å². The van der Waals surface area contributed by atoms with Crippen LogP contribution in [0.1, 0.15) is 15.4 Å². The number of hydrogen-bond acceptors (Lipinski definition) is 4. The summed E-state index contributed by atoms with van der Waals surface area (Å²) in [6.07, 6.45) is 0. The number of methoxy groups -OCH3 is 1. The molecule has 20 heavy (non-hydrogen) atoms. The van der Waals surface area contributed by atoms with Crippen LogP contribution >= 0.6 is 27.3 Å². The fourth-order valence-electron chi connectivity index (χ4n) is 1.86. The maximum absolute atomic E-state index is 12.4. The Kier molecular flexibility index (Phi) is 3.54. The summed E-state index contributed by atoms with van der Waals surface area (Å²) in [6, 6.07) is 12.8. The third-order valence-electron chi connectivity index (χ3n) is 2.90. The zero-order valence-corrected chi connectivity index (χ0v) is 13.0. The number of carbonyl (C=O) groups is 1. The first kappa shape index (κ1) is 13.3. The minimum Gasteiger partial charge on any atom is -0.497 e. The van der Waals surface area contributed by atoms with Gasteiger partial charge in [-0.05, 0) is 42.5 Å². The highest BCUT2D eigenvalue weighted by atomic mass is 79.9. The predicted octanol–water partition coefficient (Wildman–Crippen LogP) is 4.30. The van der Waals surface area contributed by atoms with E-state index >= 15 is 0 Å². The molecule has 0 bridgehead atoms. The molecule has 0 spiro atoms. The first-order valence-corrected chi connectivity index (χ1v) is 7.53. The van der Waals surface area contributed by atoms with Gasteiger partial charge in [-0.15, -0.1) is 11.3 Å². The van der Waals surface area contributed by atoms with E-state index < -0.39 is 0 Å². The van der Waals surface area contributed by atoms with E-state index in [1.807, 2.05) is 18.2 Å². The van der Waals surface area contributed by atoms with Crippen LogP contribution < -0.4 is 4.74 Å². The maximum atomic E-state index is 12.4. The summed E-state index contributed by atoms with van der Waals surface area (Å²) in [5.41, 5.74) is 1.46. The van der Waals surface area contributed by atoms with E-state index in [1.165, 1.54) is 11.3 Å². The smallest absolute Gasteiger partial charge is 0.221 e. The number of nitrogens with zero attached hydrogens (tertiary/aromatic N) is 1. The van der Waals surface area contributed by atoms with Crippen molar-refractivity contribution >= 4 is 43.3 Å². The van der Waals surface area contributed by atoms with E-state index in [-0.39, 0.29) is 5.78 Å². The molecule has 100 valence electrons. The summed E-state index contributed by atoms with van der Waals surface area (Å²) in [5, 5.41) is 0.503. The van der Waals surface area contributed by atoms with Gasteiger partial charge in [0.2, 0.25) is 5.78 Å². The molecule has 1 aromatic heterocycles. The fraction of sp³-hybridized carbons (Fsp3) is 0.0667. The topological polar surface area (TPSA) is 39.2 Å². The molecular weight excluding hydrogens is 338 g/mol. The molecule has 0 saturated heterocycles. The number of halogens is 1. The van der Waals surface area contributed by atoms with E-state index in [2.05, 4.69) is 20.9 Å². The van der Waals surface area contributed by atoms with Crippen LogP contribution in [0.5, 0.6) is 5.75 Å². The van der Waals surface area contributed by atoms with E-state index in [0.717, 1.165) is 20.4 Å². The lowest BCUT2D eigenvalue weighted by Gasteiger charge is -2.00. The largest absolute Gasteiger partial charge is 0.497 e. The minimum atomic E-state index is -0.0648. The molecule has 3 aromatic rings. The predicted molar refractivity (Wildman–Crippen MR) is 83.7 cm³/mol. The zero-order valence-electron chi connectivity index (χ0n) is 10.6. The normalized spacial score (nSPS) is 10.7. The lowest BCUT2D eigenvalue weighted by molar-refractivity contribution is 0.103. The summed E-state index contributed by atoms with van der Waals surface area (Å²) >= 11 is 4.82. The monoisotopic (exact) mass is 347 g/mol. The van der Waals surface area contributed by atoms with Crippen molar-refractivity contribution in [1.82, 2.24) is 4.98 Å². The number of ether oxygens (including phenoxy) is 1. The van der Waals surface area contributed by atoms with Crippen LogP contribution in [0.2, 0.25) is 0 Å². The lowest BCUT2D eigenvalue weighted by atomic mass is 10.1. The van der Waals surface area contributed by atoms with Crippen molar-refractivity contribution in [1.29, 1.82) is 0 Å². The standard InChI is InChI=1S/C15H10BrNO2S/c1-19-11-5-2-9(3-6-11)14(18)15-17-12-7-4-10(16)8-13(12)20-15/h2-8H,1H3. The first-order chi connectivity index (χ1) is 9.67. The number of thiazole rings is 1. The van der Waals surface area contributed by atoms with E-state index in [4.69, 9.17) is 4.74 Å². The fourth-order valence-corrected chi connectivity index (χ4v) is 3.34. The summed E-state index contributed by atoms with van der Waals surface area (Å²) in [7, 11) is 1.60. The van der Waals surface area contributed by atoms with Crippen LogP contribution in [0.25, 0.3) is 10.2 Å². The van der Waals surface area contributed by atoms with Crippen molar-refractivity contribution in [3.63, 3.8) is 0 Å². The molecule has 3 nitrogen and oxygen atoms in total. The second-order valence-corrected chi connectivity index (χ2v) is 6.14. The number of aromatic nitrogens is 1. The van der Waals surface area contributed by atoms with Crippen LogP contribution in [0.4, 0.5) is 0 Å². The Bertz CT molecular complexity index is 780. The maximum Gasteiger partial charge on any atom is 0.221 e. The van der Waals surface area contributed by atoms with Gasteiger partial charge in [-0.1, -0.05) is 15.9 Å². The number of hydrogen-bond donors (Lipinski definition) is 0. The average Bonchev–Trinajstić information content (AvgIpc) is 2.89. The molecular formula is C15H10BrNO2S. The van der Waals surface area contributed by atoms with Gasteiger partial charge in [0.1, 0.15) is 5.75 Å².